The summed E-state index contributed by atoms with van der Waals surface area (Å²) in [7, 11) is 1.30. The van der Waals surface area contributed by atoms with E-state index in [2.05, 4.69) is 14.7 Å². The molecule has 2 rings (SSSR count). The second kappa shape index (κ2) is 7.02. The predicted molar refractivity (Wildman–Crippen MR) is 83.2 cm³/mol. The molecule has 1 aliphatic rings. The maximum Gasteiger partial charge on any atom is 0.431 e. The topological polar surface area (TPSA) is 77.6 Å². The minimum Gasteiger partial charge on any atom is -0.469 e. The highest BCUT2D eigenvalue weighted by Crippen LogP contribution is 2.32. The molecule has 5 nitrogen and oxygen atoms in total. The summed E-state index contributed by atoms with van der Waals surface area (Å²) in [6, 6.07) is 4.50. The molecule has 0 bridgehead atoms. The monoisotopic (exact) mass is 341 g/mol. The Kier molecular flexibility index (Phi) is 5.26. The average Bonchev–Trinajstić information content (AvgIpc) is 2.47. The Hall–Kier alpha value is -2.38. The number of nitrogens with zero attached hydrogens (tertiary/aromatic N) is 2. The second-order valence-corrected chi connectivity index (χ2v) is 5.61. The number of hydrogen-bond donors (Lipinski definition) is 1. The van der Waals surface area contributed by atoms with Crippen LogP contribution < -0.4 is 5.73 Å². The largest absolute Gasteiger partial charge is 0.469 e. The zero-order valence-electron chi connectivity index (χ0n) is 13.3. The van der Waals surface area contributed by atoms with Crippen LogP contribution in [0.5, 0.6) is 0 Å². The number of aliphatic imine (C=N–C) groups is 1. The lowest BCUT2D eigenvalue weighted by atomic mass is 9.81. The minimum absolute atomic E-state index is 0.109. The summed E-state index contributed by atoms with van der Waals surface area (Å²) in [5.74, 6) is -0.575. The first-order valence-electron chi connectivity index (χ1n) is 7.34. The third-order valence-corrected chi connectivity index (χ3v) is 3.82. The van der Waals surface area contributed by atoms with Crippen LogP contribution in [0, 0.1) is 12.8 Å². The highest BCUT2D eigenvalue weighted by atomic mass is 19.4. The lowest BCUT2D eigenvalue weighted by Gasteiger charge is -2.30. The van der Waals surface area contributed by atoms with Crippen molar-refractivity contribution in [3.05, 3.63) is 35.3 Å². The zero-order valence-corrected chi connectivity index (χ0v) is 13.3. The summed E-state index contributed by atoms with van der Waals surface area (Å²) in [5.41, 5.74) is 4.44. The molecule has 1 aromatic rings. The van der Waals surface area contributed by atoms with Gasteiger partial charge in [0.1, 0.15) is 5.70 Å². The normalized spacial score (nSPS) is 22.0. The number of carbonyl (C=O) groups is 1. The van der Waals surface area contributed by atoms with Gasteiger partial charge in [0.25, 0.3) is 0 Å². The van der Waals surface area contributed by atoms with Gasteiger partial charge >= 0.3 is 12.1 Å². The number of carbonyl (C=O) groups excluding carboxylic acids is 1. The van der Waals surface area contributed by atoms with Gasteiger partial charge in [0, 0.05) is 17.5 Å². The number of allylic oxidation sites excluding steroid dienone is 2. The molecule has 0 unspecified atom stereocenters. The van der Waals surface area contributed by atoms with Crippen LogP contribution in [0.25, 0.3) is 5.57 Å². The minimum atomic E-state index is -4.68. The van der Waals surface area contributed by atoms with E-state index < -0.39 is 11.9 Å². The van der Waals surface area contributed by atoms with E-state index >= 15 is 0 Å². The van der Waals surface area contributed by atoms with Crippen LogP contribution in [0.4, 0.5) is 13.2 Å². The summed E-state index contributed by atoms with van der Waals surface area (Å²) >= 11 is 0. The van der Waals surface area contributed by atoms with Gasteiger partial charge in [-0.2, -0.15) is 13.2 Å². The molecule has 0 saturated heterocycles. The average molecular weight is 341 g/mol. The maximum absolute atomic E-state index is 13.0. The van der Waals surface area contributed by atoms with Gasteiger partial charge in [0.05, 0.1) is 24.8 Å². The van der Waals surface area contributed by atoms with Crippen LogP contribution in [0.15, 0.2) is 28.9 Å². The SMILES string of the molecule is COC(=O)C1CC(N=CC(=C(N)C(F)(F)F)c2cccc(C)n2)C1. The van der Waals surface area contributed by atoms with Gasteiger partial charge in [-0.3, -0.25) is 14.8 Å². The molecule has 0 amide bonds. The van der Waals surface area contributed by atoms with Crippen LogP contribution in [-0.2, 0) is 9.53 Å². The first kappa shape index (κ1) is 18.0. The zero-order chi connectivity index (χ0) is 17.9. The first-order chi connectivity index (χ1) is 11.2. The van der Waals surface area contributed by atoms with Crippen molar-refractivity contribution in [1.29, 1.82) is 0 Å². The van der Waals surface area contributed by atoms with E-state index in [1.807, 2.05) is 0 Å². The first-order valence-corrected chi connectivity index (χ1v) is 7.34. The number of alkyl halides is 3. The number of methoxy groups -OCH3 is 1. The van der Waals surface area contributed by atoms with Crippen LogP contribution in [0.3, 0.4) is 0 Å². The van der Waals surface area contributed by atoms with Gasteiger partial charge in [-0.15, -0.1) is 0 Å². The molecule has 0 aliphatic heterocycles. The van der Waals surface area contributed by atoms with Crippen molar-refractivity contribution >= 4 is 17.8 Å². The van der Waals surface area contributed by atoms with Crippen molar-refractivity contribution in [3.8, 4) is 0 Å². The predicted octanol–water partition coefficient (Wildman–Crippen LogP) is 2.64. The van der Waals surface area contributed by atoms with Gasteiger partial charge in [0.15, 0.2) is 0 Å². The van der Waals surface area contributed by atoms with E-state index in [9.17, 15) is 18.0 Å². The quantitative estimate of drug-likeness (QED) is 0.675. The van der Waals surface area contributed by atoms with Gasteiger partial charge in [0.2, 0.25) is 0 Å². The van der Waals surface area contributed by atoms with Gasteiger partial charge < -0.3 is 10.5 Å². The molecule has 24 heavy (non-hydrogen) atoms. The van der Waals surface area contributed by atoms with Crippen molar-refractivity contribution < 1.29 is 22.7 Å². The Morgan fingerprint density at radius 1 is 1.42 bits per heavy atom. The van der Waals surface area contributed by atoms with E-state index in [0.717, 1.165) is 6.21 Å². The molecule has 8 heteroatoms. The summed E-state index contributed by atoms with van der Waals surface area (Å²) < 4.78 is 43.6. The highest BCUT2D eigenvalue weighted by molar-refractivity contribution is 6.10. The molecule has 0 aromatic carbocycles. The van der Waals surface area contributed by atoms with E-state index in [1.54, 1.807) is 19.1 Å². The number of rotatable bonds is 4. The van der Waals surface area contributed by atoms with Crippen molar-refractivity contribution in [2.24, 2.45) is 16.6 Å². The molecule has 1 heterocycles. The molecular weight excluding hydrogens is 323 g/mol. The lowest BCUT2D eigenvalue weighted by molar-refractivity contribution is -0.148. The van der Waals surface area contributed by atoms with Crippen molar-refractivity contribution in [2.45, 2.75) is 32.0 Å². The number of halogens is 3. The summed E-state index contributed by atoms with van der Waals surface area (Å²) in [6.07, 6.45) is -2.68. The fourth-order valence-corrected chi connectivity index (χ4v) is 2.37. The molecule has 0 spiro atoms. The Balaban J connectivity index is 2.23. The van der Waals surface area contributed by atoms with Crippen molar-refractivity contribution in [3.63, 3.8) is 0 Å². The van der Waals surface area contributed by atoms with Crippen molar-refractivity contribution in [2.75, 3.05) is 7.11 Å². The number of ether oxygens (including phenoxy) is 1. The molecule has 1 aromatic heterocycles. The number of hydrogen-bond acceptors (Lipinski definition) is 5. The highest BCUT2D eigenvalue weighted by Gasteiger charge is 2.36. The Morgan fingerprint density at radius 2 is 2.08 bits per heavy atom. The molecule has 130 valence electrons. The molecule has 0 radical (unpaired) electrons. The third kappa shape index (κ3) is 4.12. The molecule has 0 atom stereocenters. The van der Waals surface area contributed by atoms with Gasteiger partial charge in [-0.05, 0) is 31.9 Å². The number of aromatic nitrogens is 1. The van der Waals surface area contributed by atoms with Crippen LogP contribution in [-0.4, -0.2) is 36.5 Å². The van der Waals surface area contributed by atoms with Crippen LogP contribution in [0.2, 0.25) is 0 Å². The number of aryl methyl sites for hydroxylation is 1. The maximum atomic E-state index is 13.0. The standard InChI is InChI=1S/C16H18F3N3O2/c1-9-4-3-5-13(22-9)12(14(20)16(17,18)19)8-21-11-6-10(7-11)15(23)24-2/h3-5,8,10-11H,6-7,20H2,1-2H3. The van der Waals surface area contributed by atoms with Crippen LogP contribution >= 0.6 is 0 Å². The van der Waals surface area contributed by atoms with Crippen LogP contribution in [0.1, 0.15) is 24.2 Å². The summed E-state index contributed by atoms with van der Waals surface area (Å²) in [6.45, 7) is 1.68. The summed E-state index contributed by atoms with van der Waals surface area (Å²) in [5, 5.41) is 0. The number of esters is 1. The molecule has 2 N–H and O–H groups in total. The van der Waals surface area contributed by atoms with Crippen molar-refractivity contribution in [1.82, 2.24) is 4.98 Å². The second-order valence-electron chi connectivity index (χ2n) is 5.61. The smallest absolute Gasteiger partial charge is 0.431 e. The Labute approximate surface area is 137 Å². The fourth-order valence-electron chi connectivity index (χ4n) is 2.37. The number of nitrogens with two attached hydrogens (primary N) is 1. The third-order valence-electron chi connectivity index (χ3n) is 3.82. The van der Waals surface area contributed by atoms with E-state index in [-0.39, 0.29) is 29.2 Å². The van der Waals surface area contributed by atoms with E-state index in [4.69, 9.17) is 5.73 Å². The van der Waals surface area contributed by atoms with Gasteiger partial charge in [-0.1, -0.05) is 6.07 Å². The summed E-state index contributed by atoms with van der Waals surface area (Å²) in [4.78, 5) is 19.5. The Morgan fingerprint density at radius 3 is 2.62 bits per heavy atom. The molecular formula is C16H18F3N3O2. The van der Waals surface area contributed by atoms with Gasteiger partial charge in [-0.25, -0.2) is 0 Å². The fraction of sp³-hybridized carbons (Fsp3) is 0.438. The number of pyridine rings is 1. The lowest BCUT2D eigenvalue weighted by Crippen LogP contribution is -2.34. The molecule has 1 saturated carbocycles. The molecule has 1 fully saturated rings. The Bertz CT molecular complexity index is 677. The van der Waals surface area contributed by atoms with E-state index in [1.165, 1.54) is 13.2 Å². The molecule has 1 aliphatic carbocycles. The van der Waals surface area contributed by atoms with E-state index in [0.29, 0.717) is 18.5 Å².